The lowest BCUT2D eigenvalue weighted by atomic mass is 10.3. The van der Waals surface area contributed by atoms with Gasteiger partial charge in [-0.25, -0.2) is 4.98 Å². The van der Waals surface area contributed by atoms with Gasteiger partial charge in [0.05, 0.1) is 0 Å². The van der Waals surface area contributed by atoms with Crippen molar-refractivity contribution in [2.75, 3.05) is 5.32 Å². The van der Waals surface area contributed by atoms with Crippen molar-refractivity contribution in [1.82, 2.24) is 4.98 Å². The second kappa shape index (κ2) is 3.77. The summed E-state index contributed by atoms with van der Waals surface area (Å²) in [5, 5.41) is 6.72. The summed E-state index contributed by atoms with van der Waals surface area (Å²) in [5.41, 5.74) is 0.999. The Labute approximate surface area is 85.2 Å². The van der Waals surface area contributed by atoms with Crippen molar-refractivity contribution >= 4 is 33.8 Å². The molecule has 2 nitrogen and oxygen atoms in total. The topological polar surface area (TPSA) is 24.9 Å². The number of thiazole rings is 1. The molecule has 2 rings (SSSR count). The summed E-state index contributed by atoms with van der Waals surface area (Å²) < 4.78 is 0. The monoisotopic (exact) mass is 210 g/mol. The number of anilines is 2. The number of nitrogens with zero attached hydrogens (tertiary/aromatic N) is 1. The Kier molecular flexibility index (Phi) is 2.47. The van der Waals surface area contributed by atoms with E-state index < -0.39 is 0 Å². The summed E-state index contributed by atoms with van der Waals surface area (Å²) in [6, 6.07) is 7.53. The molecule has 0 saturated heterocycles. The SMILES string of the molecule is Clc1ccc(Nc2nccs2)cc1. The largest absolute Gasteiger partial charge is 0.332 e. The van der Waals surface area contributed by atoms with Crippen LogP contribution in [0, 0.1) is 0 Å². The highest BCUT2D eigenvalue weighted by Gasteiger charge is 1.95. The zero-order valence-corrected chi connectivity index (χ0v) is 8.27. The zero-order chi connectivity index (χ0) is 9.10. The quantitative estimate of drug-likeness (QED) is 0.820. The van der Waals surface area contributed by atoms with E-state index in [0.29, 0.717) is 0 Å². The summed E-state index contributed by atoms with van der Waals surface area (Å²) in [7, 11) is 0. The lowest BCUT2D eigenvalue weighted by molar-refractivity contribution is 1.39. The van der Waals surface area contributed by atoms with Crippen LogP contribution in [0.1, 0.15) is 0 Å². The van der Waals surface area contributed by atoms with Crippen LogP contribution in [0.25, 0.3) is 0 Å². The maximum absolute atomic E-state index is 5.75. The molecule has 0 bridgehead atoms. The van der Waals surface area contributed by atoms with Crippen LogP contribution in [0.5, 0.6) is 0 Å². The molecule has 0 radical (unpaired) electrons. The molecule has 66 valence electrons. The summed E-state index contributed by atoms with van der Waals surface area (Å²) in [5.74, 6) is 0. The first-order chi connectivity index (χ1) is 6.34. The molecule has 0 saturated carbocycles. The lowest BCUT2D eigenvalue weighted by Gasteiger charge is -2.00. The number of nitrogens with one attached hydrogen (secondary N) is 1. The maximum atomic E-state index is 5.75. The molecule has 1 heterocycles. The van der Waals surface area contributed by atoms with Gasteiger partial charge in [0.15, 0.2) is 5.13 Å². The Morgan fingerprint density at radius 1 is 1.23 bits per heavy atom. The van der Waals surface area contributed by atoms with E-state index in [1.807, 2.05) is 29.6 Å². The predicted molar refractivity (Wildman–Crippen MR) is 56.8 cm³/mol. The summed E-state index contributed by atoms with van der Waals surface area (Å²) in [4.78, 5) is 4.11. The maximum Gasteiger partial charge on any atom is 0.187 e. The minimum atomic E-state index is 0.740. The fourth-order valence-electron chi connectivity index (χ4n) is 0.942. The van der Waals surface area contributed by atoms with E-state index in [0.717, 1.165) is 15.8 Å². The number of rotatable bonds is 2. The highest BCUT2D eigenvalue weighted by molar-refractivity contribution is 7.13. The summed E-state index contributed by atoms with van der Waals surface area (Å²) in [6.07, 6.45) is 1.77. The molecule has 0 unspecified atom stereocenters. The molecule has 13 heavy (non-hydrogen) atoms. The minimum absolute atomic E-state index is 0.740. The van der Waals surface area contributed by atoms with Gasteiger partial charge in [-0.05, 0) is 24.3 Å². The molecular weight excluding hydrogens is 204 g/mol. The van der Waals surface area contributed by atoms with E-state index in [1.54, 1.807) is 17.5 Å². The van der Waals surface area contributed by atoms with Gasteiger partial charge in [0.25, 0.3) is 0 Å². The van der Waals surface area contributed by atoms with E-state index in [-0.39, 0.29) is 0 Å². The molecule has 1 N–H and O–H groups in total. The van der Waals surface area contributed by atoms with Crippen molar-refractivity contribution in [3.8, 4) is 0 Å². The van der Waals surface area contributed by atoms with Crippen LogP contribution in [-0.2, 0) is 0 Å². The van der Waals surface area contributed by atoms with Gasteiger partial charge in [-0.1, -0.05) is 11.6 Å². The van der Waals surface area contributed by atoms with E-state index in [1.165, 1.54) is 0 Å². The predicted octanol–water partition coefficient (Wildman–Crippen LogP) is 3.54. The zero-order valence-electron chi connectivity index (χ0n) is 6.70. The first-order valence-corrected chi connectivity index (χ1v) is 5.02. The van der Waals surface area contributed by atoms with E-state index in [2.05, 4.69) is 10.3 Å². The van der Waals surface area contributed by atoms with Crippen molar-refractivity contribution in [1.29, 1.82) is 0 Å². The molecule has 0 aliphatic heterocycles. The van der Waals surface area contributed by atoms with E-state index >= 15 is 0 Å². The van der Waals surface area contributed by atoms with Crippen molar-refractivity contribution < 1.29 is 0 Å². The molecule has 0 spiro atoms. The Bertz CT molecular complexity index is 369. The van der Waals surface area contributed by atoms with Crippen LogP contribution < -0.4 is 5.32 Å². The van der Waals surface area contributed by atoms with Crippen molar-refractivity contribution in [2.45, 2.75) is 0 Å². The van der Waals surface area contributed by atoms with Crippen molar-refractivity contribution in [3.63, 3.8) is 0 Å². The third-order valence-corrected chi connectivity index (χ3v) is 2.47. The number of aromatic nitrogens is 1. The van der Waals surface area contributed by atoms with Gasteiger partial charge in [-0.2, -0.15) is 0 Å². The van der Waals surface area contributed by atoms with E-state index in [9.17, 15) is 0 Å². The Morgan fingerprint density at radius 2 is 2.00 bits per heavy atom. The van der Waals surface area contributed by atoms with Crippen LogP contribution >= 0.6 is 22.9 Å². The molecule has 0 amide bonds. The standard InChI is InChI=1S/C9H7ClN2S/c10-7-1-3-8(4-2-7)12-9-11-5-6-13-9/h1-6H,(H,11,12). The molecule has 0 aliphatic rings. The van der Waals surface area contributed by atoms with Crippen molar-refractivity contribution in [2.24, 2.45) is 0 Å². The number of halogens is 1. The Balaban J connectivity index is 2.15. The molecule has 1 aromatic heterocycles. The van der Waals surface area contributed by atoms with Crippen LogP contribution in [0.3, 0.4) is 0 Å². The van der Waals surface area contributed by atoms with Gasteiger partial charge < -0.3 is 5.32 Å². The number of hydrogen-bond donors (Lipinski definition) is 1. The number of hydrogen-bond acceptors (Lipinski definition) is 3. The van der Waals surface area contributed by atoms with Crippen molar-refractivity contribution in [3.05, 3.63) is 40.9 Å². The third-order valence-electron chi connectivity index (χ3n) is 1.53. The highest BCUT2D eigenvalue weighted by Crippen LogP contribution is 2.19. The average Bonchev–Trinajstić information content (AvgIpc) is 2.62. The van der Waals surface area contributed by atoms with Crippen LogP contribution in [0.15, 0.2) is 35.8 Å². The average molecular weight is 211 g/mol. The smallest absolute Gasteiger partial charge is 0.187 e. The molecule has 4 heteroatoms. The van der Waals surface area contributed by atoms with Gasteiger partial charge in [0.1, 0.15) is 0 Å². The van der Waals surface area contributed by atoms with Gasteiger partial charge in [-0.15, -0.1) is 11.3 Å². The molecule has 1 aromatic carbocycles. The van der Waals surface area contributed by atoms with Gasteiger partial charge >= 0.3 is 0 Å². The van der Waals surface area contributed by atoms with Crippen LogP contribution in [-0.4, -0.2) is 4.98 Å². The van der Waals surface area contributed by atoms with Gasteiger partial charge in [-0.3, -0.25) is 0 Å². The summed E-state index contributed by atoms with van der Waals surface area (Å²) >= 11 is 7.32. The van der Waals surface area contributed by atoms with Crippen LogP contribution in [0.2, 0.25) is 5.02 Å². The molecule has 2 aromatic rings. The molecule has 0 fully saturated rings. The fraction of sp³-hybridized carbons (Fsp3) is 0. The fourth-order valence-corrected chi connectivity index (χ4v) is 1.62. The summed E-state index contributed by atoms with van der Waals surface area (Å²) in [6.45, 7) is 0. The highest BCUT2D eigenvalue weighted by atomic mass is 35.5. The van der Waals surface area contributed by atoms with E-state index in [4.69, 9.17) is 11.6 Å². The Morgan fingerprint density at radius 3 is 2.62 bits per heavy atom. The van der Waals surface area contributed by atoms with Gasteiger partial charge in [0.2, 0.25) is 0 Å². The second-order valence-corrected chi connectivity index (χ2v) is 3.80. The molecular formula is C9H7ClN2S. The lowest BCUT2D eigenvalue weighted by Crippen LogP contribution is -1.87. The molecule has 0 atom stereocenters. The van der Waals surface area contributed by atoms with Gasteiger partial charge in [0, 0.05) is 22.3 Å². The third kappa shape index (κ3) is 2.20. The number of benzene rings is 1. The minimum Gasteiger partial charge on any atom is -0.332 e. The first-order valence-electron chi connectivity index (χ1n) is 3.77. The Hall–Kier alpha value is -1.06. The first kappa shape index (κ1) is 8.53. The molecule has 0 aliphatic carbocycles. The second-order valence-electron chi connectivity index (χ2n) is 2.47. The normalized spacial score (nSPS) is 9.92. The van der Waals surface area contributed by atoms with Crippen LogP contribution in [0.4, 0.5) is 10.8 Å².